The third kappa shape index (κ3) is 5.69. The van der Waals surface area contributed by atoms with E-state index in [1.54, 1.807) is 24.3 Å². The van der Waals surface area contributed by atoms with Crippen LogP contribution in [-0.4, -0.2) is 48.9 Å². The Morgan fingerprint density at radius 3 is 2.38 bits per heavy atom. The molecule has 0 saturated heterocycles. The molecule has 0 radical (unpaired) electrons. The van der Waals surface area contributed by atoms with E-state index in [0.717, 1.165) is 13.0 Å². The van der Waals surface area contributed by atoms with E-state index in [-0.39, 0.29) is 17.4 Å². The van der Waals surface area contributed by atoms with Crippen LogP contribution in [0.25, 0.3) is 0 Å². The summed E-state index contributed by atoms with van der Waals surface area (Å²) in [7, 11) is 3.95. The number of nitrogens with one attached hydrogen (secondary N) is 2. The maximum absolute atomic E-state index is 12.3. The van der Waals surface area contributed by atoms with Gasteiger partial charge in [0.1, 0.15) is 0 Å². The summed E-state index contributed by atoms with van der Waals surface area (Å²) < 4.78 is 0. The molecule has 0 bridgehead atoms. The molecule has 2 aromatic rings. The Morgan fingerprint density at radius 1 is 1.12 bits per heavy atom. The van der Waals surface area contributed by atoms with Crippen LogP contribution in [0.3, 0.4) is 0 Å². The number of hydrogen-bond donors (Lipinski definition) is 2. The summed E-state index contributed by atoms with van der Waals surface area (Å²) in [4.78, 5) is 30.5. The van der Waals surface area contributed by atoms with Crippen LogP contribution in [0.2, 0.25) is 0 Å². The van der Waals surface area contributed by atoms with Gasteiger partial charge in [-0.15, -0.1) is 0 Å². The van der Waals surface area contributed by atoms with Gasteiger partial charge in [-0.3, -0.25) is 14.6 Å². The van der Waals surface area contributed by atoms with Crippen molar-refractivity contribution in [1.82, 2.24) is 15.2 Å². The predicted molar refractivity (Wildman–Crippen MR) is 98.9 cm³/mol. The lowest BCUT2D eigenvalue weighted by Crippen LogP contribution is -2.27. The fraction of sp³-hybridized carbons (Fsp3) is 0.263. The van der Waals surface area contributed by atoms with Gasteiger partial charge in [-0.05, 0) is 57.4 Å². The summed E-state index contributed by atoms with van der Waals surface area (Å²) in [5, 5.41) is 14.3. The zero-order valence-electron chi connectivity index (χ0n) is 14.8. The van der Waals surface area contributed by atoms with Gasteiger partial charge in [-0.25, -0.2) is 0 Å². The lowest BCUT2D eigenvalue weighted by molar-refractivity contribution is 0.0952. The molecule has 26 heavy (non-hydrogen) atoms. The number of hydrogen-bond acceptors (Lipinski definition) is 5. The van der Waals surface area contributed by atoms with Crippen LogP contribution in [0.1, 0.15) is 32.7 Å². The van der Waals surface area contributed by atoms with Crippen molar-refractivity contribution < 1.29 is 9.59 Å². The predicted octanol–water partition coefficient (Wildman–Crippen LogP) is 1.89. The first kappa shape index (κ1) is 19.1. The van der Waals surface area contributed by atoms with Crippen molar-refractivity contribution in [2.45, 2.75) is 6.42 Å². The molecule has 2 N–H and O–H groups in total. The standard InChI is InChI=1S/C19H21N5O2/c1-24(2)9-3-8-22-18(25)15-10-16(13-21-12-15)19(26)23-17-6-4-14(11-20)5-7-17/h4-7,10,12-13H,3,8-9H2,1-2H3,(H,22,25)(H,23,26). The summed E-state index contributed by atoms with van der Waals surface area (Å²) in [5.74, 6) is -0.631. The topological polar surface area (TPSA) is 98.1 Å². The fourth-order valence-corrected chi connectivity index (χ4v) is 2.22. The maximum atomic E-state index is 12.3. The van der Waals surface area contributed by atoms with Crippen LogP contribution in [0.15, 0.2) is 42.7 Å². The van der Waals surface area contributed by atoms with Crippen LogP contribution in [-0.2, 0) is 0 Å². The number of amides is 2. The molecule has 134 valence electrons. The van der Waals surface area contributed by atoms with E-state index in [1.807, 2.05) is 25.1 Å². The highest BCUT2D eigenvalue weighted by Gasteiger charge is 2.11. The van der Waals surface area contributed by atoms with Crippen LogP contribution >= 0.6 is 0 Å². The van der Waals surface area contributed by atoms with Crippen LogP contribution in [0.5, 0.6) is 0 Å². The zero-order valence-corrected chi connectivity index (χ0v) is 14.8. The summed E-state index contributed by atoms with van der Waals surface area (Å²) >= 11 is 0. The fourth-order valence-electron chi connectivity index (χ4n) is 2.22. The van der Waals surface area contributed by atoms with Crippen LogP contribution in [0.4, 0.5) is 5.69 Å². The van der Waals surface area contributed by atoms with E-state index in [9.17, 15) is 9.59 Å². The molecule has 1 aromatic heterocycles. The number of nitriles is 1. The van der Waals surface area contributed by atoms with Crippen LogP contribution in [0, 0.1) is 11.3 Å². The number of aromatic nitrogens is 1. The number of nitrogens with zero attached hydrogens (tertiary/aromatic N) is 3. The first-order valence-corrected chi connectivity index (χ1v) is 8.19. The Labute approximate surface area is 152 Å². The minimum Gasteiger partial charge on any atom is -0.352 e. The first-order chi connectivity index (χ1) is 12.5. The van der Waals surface area contributed by atoms with Gasteiger partial charge < -0.3 is 15.5 Å². The highest BCUT2D eigenvalue weighted by atomic mass is 16.2. The minimum absolute atomic E-state index is 0.260. The van der Waals surface area contributed by atoms with Crippen molar-refractivity contribution in [2.75, 3.05) is 32.5 Å². The van der Waals surface area contributed by atoms with Gasteiger partial charge in [-0.2, -0.15) is 5.26 Å². The quantitative estimate of drug-likeness (QED) is 0.742. The summed E-state index contributed by atoms with van der Waals surface area (Å²) in [6.07, 6.45) is 3.67. The first-order valence-electron chi connectivity index (χ1n) is 8.19. The molecule has 0 fully saturated rings. The molecule has 7 nitrogen and oxygen atoms in total. The van der Waals surface area contributed by atoms with Crippen molar-refractivity contribution in [3.05, 3.63) is 59.4 Å². The van der Waals surface area contributed by atoms with E-state index in [0.29, 0.717) is 23.4 Å². The molecule has 0 aliphatic heterocycles. The van der Waals surface area contributed by atoms with E-state index >= 15 is 0 Å². The lowest BCUT2D eigenvalue weighted by atomic mass is 10.1. The monoisotopic (exact) mass is 351 g/mol. The number of anilines is 1. The minimum atomic E-state index is -0.371. The second kappa shape index (κ2) is 9.30. The molecule has 1 aromatic carbocycles. The highest BCUT2D eigenvalue weighted by Crippen LogP contribution is 2.11. The van der Waals surface area contributed by atoms with Crippen molar-refractivity contribution in [3.8, 4) is 6.07 Å². The van der Waals surface area contributed by atoms with E-state index < -0.39 is 0 Å². The van der Waals surface area contributed by atoms with Crippen molar-refractivity contribution in [1.29, 1.82) is 5.26 Å². The Bertz CT molecular complexity index is 809. The van der Waals surface area contributed by atoms with E-state index in [2.05, 4.69) is 15.6 Å². The lowest BCUT2D eigenvalue weighted by Gasteiger charge is -2.10. The molecule has 0 aliphatic rings. The second-order valence-electron chi connectivity index (χ2n) is 6.02. The van der Waals surface area contributed by atoms with Gasteiger partial charge in [0.25, 0.3) is 11.8 Å². The van der Waals surface area contributed by atoms with Crippen molar-refractivity contribution >= 4 is 17.5 Å². The Kier molecular flexibility index (Phi) is 6.83. The summed E-state index contributed by atoms with van der Waals surface area (Å²) in [5.41, 5.74) is 1.70. The largest absolute Gasteiger partial charge is 0.352 e. The molecular formula is C19H21N5O2. The molecule has 0 spiro atoms. The average Bonchev–Trinajstić information content (AvgIpc) is 2.65. The zero-order chi connectivity index (χ0) is 18.9. The number of pyridine rings is 1. The summed E-state index contributed by atoms with van der Waals surface area (Å²) in [6, 6.07) is 10.0. The number of carbonyl (C=O) groups is 2. The van der Waals surface area contributed by atoms with Gasteiger partial charge in [0.05, 0.1) is 22.8 Å². The third-order valence-corrected chi connectivity index (χ3v) is 3.60. The molecule has 7 heteroatoms. The van der Waals surface area contributed by atoms with Gasteiger partial charge >= 0.3 is 0 Å². The molecule has 0 saturated carbocycles. The molecule has 1 heterocycles. The average molecular weight is 351 g/mol. The Morgan fingerprint density at radius 2 is 1.77 bits per heavy atom. The third-order valence-electron chi connectivity index (χ3n) is 3.60. The van der Waals surface area contributed by atoms with E-state index in [4.69, 9.17) is 5.26 Å². The van der Waals surface area contributed by atoms with Gasteiger partial charge in [0.2, 0.25) is 0 Å². The van der Waals surface area contributed by atoms with Crippen LogP contribution < -0.4 is 10.6 Å². The van der Waals surface area contributed by atoms with Gasteiger partial charge in [0.15, 0.2) is 0 Å². The van der Waals surface area contributed by atoms with Gasteiger partial charge in [0, 0.05) is 24.6 Å². The number of benzene rings is 1. The van der Waals surface area contributed by atoms with Crippen molar-refractivity contribution in [3.63, 3.8) is 0 Å². The highest BCUT2D eigenvalue weighted by molar-refractivity contribution is 6.05. The second-order valence-corrected chi connectivity index (χ2v) is 6.02. The number of carbonyl (C=O) groups excluding carboxylic acids is 2. The Balaban J connectivity index is 1.97. The van der Waals surface area contributed by atoms with E-state index in [1.165, 1.54) is 18.5 Å². The van der Waals surface area contributed by atoms with Crippen molar-refractivity contribution in [2.24, 2.45) is 0 Å². The van der Waals surface area contributed by atoms with Gasteiger partial charge in [-0.1, -0.05) is 0 Å². The number of rotatable bonds is 7. The molecule has 2 rings (SSSR count). The maximum Gasteiger partial charge on any atom is 0.257 e. The Hall–Kier alpha value is -3.24. The normalized spacial score (nSPS) is 10.2. The SMILES string of the molecule is CN(C)CCCNC(=O)c1cncc(C(=O)Nc2ccc(C#N)cc2)c1. The molecule has 0 unspecified atom stereocenters. The molecule has 0 atom stereocenters. The molecule has 2 amide bonds. The molecular weight excluding hydrogens is 330 g/mol. The molecule has 0 aliphatic carbocycles. The smallest absolute Gasteiger partial charge is 0.257 e. The summed E-state index contributed by atoms with van der Waals surface area (Å²) in [6.45, 7) is 1.43.